The number of nitrogens with zero attached hydrogens (tertiary/aromatic N) is 3. The van der Waals surface area contributed by atoms with E-state index in [0.717, 1.165) is 5.69 Å². The van der Waals surface area contributed by atoms with Gasteiger partial charge in [-0.05, 0) is 26.8 Å². The molecule has 0 aliphatic heterocycles. The Morgan fingerprint density at radius 1 is 1.33 bits per heavy atom. The van der Waals surface area contributed by atoms with Crippen LogP contribution in [0.5, 0.6) is 0 Å². The number of pyridine rings is 1. The van der Waals surface area contributed by atoms with Crippen LogP contribution < -0.4 is 5.56 Å². The largest absolute Gasteiger partial charge is 0.296 e. The minimum absolute atomic E-state index is 0.000463. The predicted molar refractivity (Wildman–Crippen MR) is 58.9 cm³/mol. The van der Waals surface area contributed by atoms with Gasteiger partial charge in [0.25, 0.3) is 5.56 Å². The molecule has 0 saturated carbocycles. The molecule has 0 aliphatic rings. The molecule has 15 heavy (non-hydrogen) atoms. The van der Waals surface area contributed by atoms with Crippen molar-refractivity contribution in [1.29, 1.82) is 0 Å². The van der Waals surface area contributed by atoms with E-state index in [1.807, 2.05) is 20.8 Å². The second-order valence-electron chi connectivity index (χ2n) is 3.89. The van der Waals surface area contributed by atoms with E-state index < -0.39 is 0 Å². The summed E-state index contributed by atoms with van der Waals surface area (Å²) in [5.74, 6) is 0. The van der Waals surface area contributed by atoms with Crippen molar-refractivity contribution in [2.75, 3.05) is 0 Å². The third-order valence-electron chi connectivity index (χ3n) is 2.36. The Morgan fingerprint density at radius 2 is 2.07 bits per heavy atom. The lowest BCUT2D eigenvalue weighted by molar-refractivity contribution is 0.573. The van der Waals surface area contributed by atoms with Crippen molar-refractivity contribution < 1.29 is 0 Å². The third-order valence-corrected chi connectivity index (χ3v) is 2.36. The molecule has 4 heteroatoms. The quantitative estimate of drug-likeness (QED) is 0.708. The van der Waals surface area contributed by atoms with Crippen LogP contribution in [0.3, 0.4) is 0 Å². The van der Waals surface area contributed by atoms with Crippen molar-refractivity contribution in [1.82, 2.24) is 14.5 Å². The van der Waals surface area contributed by atoms with E-state index in [1.54, 1.807) is 23.2 Å². The van der Waals surface area contributed by atoms with Crippen LogP contribution in [0.15, 0.2) is 23.4 Å². The molecule has 78 valence electrons. The molecule has 0 aromatic carbocycles. The van der Waals surface area contributed by atoms with Crippen LogP contribution in [-0.4, -0.2) is 14.5 Å². The van der Waals surface area contributed by atoms with E-state index in [4.69, 9.17) is 0 Å². The Bertz CT molecular complexity index is 557. The average Bonchev–Trinajstić information content (AvgIpc) is 2.19. The van der Waals surface area contributed by atoms with Crippen LogP contribution in [0.2, 0.25) is 0 Å². The Morgan fingerprint density at radius 3 is 2.73 bits per heavy atom. The van der Waals surface area contributed by atoms with Gasteiger partial charge in [-0.15, -0.1) is 0 Å². The zero-order valence-electron chi connectivity index (χ0n) is 9.06. The monoisotopic (exact) mass is 203 g/mol. The molecule has 0 bridgehead atoms. The van der Waals surface area contributed by atoms with Gasteiger partial charge in [-0.3, -0.25) is 14.3 Å². The molecule has 0 N–H and O–H groups in total. The minimum atomic E-state index is 0.000463. The first-order valence-corrected chi connectivity index (χ1v) is 4.93. The van der Waals surface area contributed by atoms with Gasteiger partial charge in [0.2, 0.25) is 0 Å². The van der Waals surface area contributed by atoms with Crippen LogP contribution >= 0.6 is 0 Å². The van der Waals surface area contributed by atoms with Crippen molar-refractivity contribution in [3.8, 4) is 0 Å². The second-order valence-corrected chi connectivity index (χ2v) is 3.89. The first-order valence-electron chi connectivity index (χ1n) is 4.93. The minimum Gasteiger partial charge on any atom is -0.296 e. The molecule has 4 nitrogen and oxygen atoms in total. The lowest BCUT2D eigenvalue weighted by atomic mass is 10.2. The fraction of sp³-hybridized carbons (Fsp3) is 0.364. The van der Waals surface area contributed by atoms with Crippen molar-refractivity contribution >= 4 is 10.9 Å². The van der Waals surface area contributed by atoms with Crippen LogP contribution in [0.1, 0.15) is 25.6 Å². The van der Waals surface area contributed by atoms with Gasteiger partial charge in [-0.1, -0.05) is 0 Å². The smallest absolute Gasteiger partial charge is 0.261 e. The maximum atomic E-state index is 12.0. The molecule has 0 unspecified atom stereocenters. The Hall–Kier alpha value is -1.71. The van der Waals surface area contributed by atoms with Crippen LogP contribution in [0, 0.1) is 6.92 Å². The molecule has 2 rings (SSSR count). The second kappa shape index (κ2) is 3.46. The molecule has 0 spiro atoms. The van der Waals surface area contributed by atoms with Crippen LogP contribution in [0.4, 0.5) is 0 Å². The molecule has 0 radical (unpaired) electrons. The highest BCUT2D eigenvalue weighted by molar-refractivity contribution is 5.76. The molecule has 0 fully saturated rings. The van der Waals surface area contributed by atoms with Gasteiger partial charge >= 0.3 is 0 Å². The van der Waals surface area contributed by atoms with Crippen molar-refractivity contribution in [2.24, 2.45) is 0 Å². The first-order chi connectivity index (χ1) is 7.09. The summed E-state index contributed by atoms with van der Waals surface area (Å²) in [4.78, 5) is 20.3. The summed E-state index contributed by atoms with van der Waals surface area (Å²) >= 11 is 0. The average molecular weight is 203 g/mol. The van der Waals surface area contributed by atoms with Crippen molar-refractivity contribution in [2.45, 2.75) is 26.8 Å². The first kappa shape index (κ1) is 9.83. The third kappa shape index (κ3) is 1.63. The summed E-state index contributed by atoms with van der Waals surface area (Å²) in [5, 5.41) is 0.638. The van der Waals surface area contributed by atoms with Gasteiger partial charge < -0.3 is 0 Å². The SMILES string of the molecule is Cc1cc2c(=O)n(C(C)C)cnc2cn1. The summed E-state index contributed by atoms with van der Waals surface area (Å²) in [6, 6.07) is 1.91. The molecule has 0 amide bonds. The molecule has 0 atom stereocenters. The highest BCUT2D eigenvalue weighted by atomic mass is 16.1. The van der Waals surface area contributed by atoms with E-state index in [0.29, 0.717) is 10.9 Å². The zero-order chi connectivity index (χ0) is 11.0. The fourth-order valence-electron chi connectivity index (χ4n) is 1.51. The predicted octanol–water partition coefficient (Wildman–Crippen LogP) is 1.68. The molecule has 0 aliphatic carbocycles. The zero-order valence-corrected chi connectivity index (χ0v) is 9.06. The number of hydrogen-bond acceptors (Lipinski definition) is 3. The summed E-state index contributed by atoms with van der Waals surface area (Å²) < 4.78 is 1.63. The topological polar surface area (TPSA) is 47.8 Å². The van der Waals surface area contributed by atoms with E-state index in [2.05, 4.69) is 9.97 Å². The van der Waals surface area contributed by atoms with Gasteiger partial charge in [-0.2, -0.15) is 0 Å². The number of rotatable bonds is 1. The Labute approximate surface area is 87.6 Å². The van der Waals surface area contributed by atoms with Gasteiger partial charge in [0.15, 0.2) is 0 Å². The van der Waals surface area contributed by atoms with E-state index >= 15 is 0 Å². The molecular weight excluding hydrogens is 190 g/mol. The summed E-state index contributed by atoms with van der Waals surface area (Å²) in [6.45, 7) is 5.79. The normalized spacial score (nSPS) is 11.2. The molecule has 2 aromatic rings. The lowest BCUT2D eigenvalue weighted by Crippen LogP contribution is -2.22. The fourth-order valence-corrected chi connectivity index (χ4v) is 1.51. The maximum Gasteiger partial charge on any atom is 0.261 e. The number of aromatic nitrogens is 3. The highest BCUT2D eigenvalue weighted by Gasteiger charge is 2.06. The molecule has 2 aromatic heterocycles. The van der Waals surface area contributed by atoms with E-state index in [-0.39, 0.29) is 11.6 Å². The number of fused-ring (bicyclic) bond motifs is 1. The van der Waals surface area contributed by atoms with E-state index in [1.165, 1.54) is 0 Å². The van der Waals surface area contributed by atoms with Crippen LogP contribution in [0.25, 0.3) is 10.9 Å². The molecule has 2 heterocycles. The van der Waals surface area contributed by atoms with Gasteiger partial charge in [0, 0.05) is 11.7 Å². The summed E-state index contributed by atoms with van der Waals surface area (Å²) in [7, 11) is 0. The number of aryl methyl sites for hydroxylation is 1. The maximum absolute atomic E-state index is 12.0. The van der Waals surface area contributed by atoms with Gasteiger partial charge in [0.05, 0.1) is 23.4 Å². The van der Waals surface area contributed by atoms with Crippen molar-refractivity contribution in [3.05, 3.63) is 34.6 Å². The summed E-state index contributed by atoms with van der Waals surface area (Å²) in [6.07, 6.45) is 3.21. The van der Waals surface area contributed by atoms with Gasteiger partial charge in [-0.25, -0.2) is 4.98 Å². The molecule has 0 saturated heterocycles. The molecular formula is C11H13N3O. The van der Waals surface area contributed by atoms with Crippen molar-refractivity contribution in [3.63, 3.8) is 0 Å². The number of hydrogen-bond donors (Lipinski definition) is 0. The van der Waals surface area contributed by atoms with E-state index in [9.17, 15) is 4.79 Å². The Kier molecular flexibility index (Phi) is 2.26. The lowest BCUT2D eigenvalue weighted by Gasteiger charge is -2.09. The standard InChI is InChI=1S/C11H13N3O/c1-7(2)14-6-13-10-5-12-8(3)4-9(10)11(14)15/h4-7H,1-3H3. The van der Waals surface area contributed by atoms with Crippen LogP contribution in [-0.2, 0) is 0 Å². The summed E-state index contributed by atoms with van der Waals surface area (Å²) in [5.41, 5.74) is 1.49. The van der Waals surface area contributed by atoms with Gasteiger partial charge in [0.1, 0.15) is 0 Å². The Balaban J connectivity index is 2.83. The highest BCUT2D eigenvalue weighted by Crippen LogP contribution is 2.08.